The zero-order valence-electron chi connectivity index (χ0n) is 24.5. The summed E-state index contributed by atoms with van der Waals surface area (Å²) in [4.78, 5) is 36.3. The number of aromatic nitrogens is 2. The topological polar surface area (TPSA) is 90.7 Å². The minimum absolute atomic E-state index is 0.141. The maximum absolute atomic E-state index is 12.6. The number of likely N-dealkylation sites (N-methyl/N-ethyl adjacent to an activating group) is 1. The molecule has 0 aliphatic carbocycles. The molecule has 1 atom stereocenters. The Bertz CT molecular complexity index is 1480. The Hall–Kier alpha value is -3.62. The molecule has 2 saturated heterocycles. The van der Waals surface area contributed by atoms with Gasteiger partial charge in [-0.25, -0.2) is 0 Å². The molecule has 0 spiro atoms. The van der Waals surface area contributed by atoms with Crippen LogP contribution in [0.4, 0.5) is 0 Å². The van der Waals surface area contributed by atoms with E-state index in [1.165, 1.54) is 44.3 Å². The summed E-state index contributed by atoms with van der Waals surface area (Å²) >= 11 is 0. The first-order chi connectivity index (χ1) is 19.9. The summed E-state index contributed by atoms with van der Waals surface area (Å²) in [6.07, 6.45) is 10.7. The maximum atomic E-state index is 12.6. The highest BCUT2D eigenvalue weighted by molar-refractivity contribution is 5.92. The lowest BCUT2D eigenvalue weighted by atomic mass is 10.0. The van der Waals surface area contributed by atoms with E-state index in [9.17, 15) is 9.59 Å². The van der Waals surface area contributed by atoms with Crippen LogP contribution in [0, 0.1) is 6.92 Å². The van der Waals surface area contributed by atoms with Crippen LogP contribution >= 0.6 is 0 Å². The summed E-state index contributed by atoms with van der Waals surface area (Å²) in [5.74, 6) is 0.399. The number of carbonyl (C=O) groups is 2. The molecule has 2 aromatic heterocycles. The van der Waals surface area contributed by atoms with E-state index in [0.717, 1.165) is 40.3 Å². The fourth-order valence-corrected chi connectivity index (χ4v) is 5.96. The molecule has 4 heterocycles. The lowest BCUT2D eigenvalue weighted by Crippen LogP contribution is -2.26. The fourth-order valence-electron chi connectivity index (χ4n) is 5.96. The van der Waals surface area contributed by atoms with E-state index in [1.807, 2.05) is 49.6 Å². The van der Waals surface area contributed by atoms with Crippen molar-refractivity contribution in [1.29, 1.82) is 0 Å². The van der Waals surface area contributed by atoms with E-state index < -0.39 is 0 Å². The van der Waals surface area contributed by atoms with Crippen molar-refractivity contribution in [1.82, 2.24) is 19.8 Å². The van der Waals surface area contributed by atoms with Crippen LogP contribution in [0.5, 0.6) is 11.5 Å². The Morgan fingerprint density at radius 2 is 1.44 bits per heavy atom. The molecule has 0 amide bonds. The third-order valence-electron chi connectivity index (χ3n) is 8.28. The summed E-state index contributed by atoms with van der Waals surface area (Å²) in [5.41, 5.74) is 4.07. The third kappa shape index (κ3) is 7.18. The molecule has 2 fully saturated rings. The van der Waals surface area contributed by atoms with Crippen LogP contribution in [-0.2, 0) is 16.0 Å². The van der Waals surface area contributed by atoms with Crippen molar-refractivity contribution in [3.8, 4) is 11.5 Å². The summed E-state index contributed by atoms with van der Waals surface area (Å²) in [5, 5.41) is 1.87. The van der Waals surface area contributed by atoms with Crippen LogP contribution in [0.2, 0.25) is 0 Å². The van der Waals surface area contributed by atoms with E-state index in [-0.39, 0.29) is 24.8 Å². The number of nitrogens with one attached hydrogen (secondary N) is 2. The zero-order chi connectivity index (χ0) is 28.8. The number of aromatic amines is 2. The number of rotatable bonds is 8. The number of hydrogen-bond donors (Lipinski definition) is 2. The van der Waals surface area contributed by atoms with Crippen molar-refractivity contribution in [3.63, 3.8) is 0 Å². The van der Waals surface area contributed by atoms with Crippen LogP contribution in [-0.4, -0.2) is 71.5 Å². The first-order valence-corrected chi connectivity index (χ1v) is 14.8. The molecular formula is C33H42N4O4. The minimum Gasteiger partial charge on any atom is -0.426 e. The number of esters is 2. The molecule has 2 N–H and O–H groups in total. The van der Waals surface area contributed by atoms with Gasteiger partial charge in [0.25, 0.3) is 0 Å². The van der Waals surface area contributed by atoms with Crippen molar-refractivity contribution in [2.75, 3.05) is 33.7 Å². The largest absolute Gasteiger partial charge is 0.426 e. The van der Waals surface area contributed by atoms with Gasteiger partial charge in [-0.05, 0) is 115 Å². The van der Waals surface area contributed by atoms with Crippen molar-refractivity contribution >= 4 is 33.7 Å². The molecule has 6 rings (SSSR count). The van der Waals surface area contributed by atoms with Gasteiger partial charge in [0.05, 0.1) is 0 Å². The average Bonchev–Trinajstić information content (AvgIpc) is 3.76. The molecule has 8 heteroatoms. The van der Waals surface area contributed by atoms with Gasteiger partial charge >= 0.3 is 11.9 Å². The number of likely N-dealkylation sites (tertiary alicyclic amines) is 2. The van der Waals surface area contributed by atoms with E-state index in [1.54, 1.807) is 6.07 Å². The molecule has 0 saturated carbocycles. The maximum Gasteiger partial charge on any atom is 0.311 e. The van der Waals surface area contributed by atoms with Gasteiger partial charge in [-0.15, -0.1) is 0 Å². The van der Waals surface area contributed by atoms with Gasteiger partial charge in [-0.2, -0.15) is 0 Å². The molecule has 2 aliphatic heterocycles. The van der Waals surface area contributed by atoms with Gasteiger partial charge in [0, 0.05) is 53.1 Å². The third-order valence-corrected chi connectivity index (χ3v) is 8.28. The summed E-state index contributed by atoms with van der Waals surface area (Å²) in [7, 11) is 4.34. The second kappa shape index (κ2) is 13.4. The van der Waals surface area contributed by atoms with Gasteiger partial charge in [0.15, 0.2) is 0 Å². The van der Waals surface area contributed by atoms with Crippen molar-refractivity contribution < 1.29 is 19.1 Å². The minimum atomic E-state index is -0.360. The predicted molar refractivity (Wildman–Crippen MR) is 163 cm³/mol. The van der Waals surface area contributed by atoms with E-state index >= 15 is 0 Å². The standard InChI is InChI=1S/C28H31N3O4.C5H11N/c1-18-16-29-21-8-3-10-23(27(18)21)34-25(32)12-5-13-26(33)35-24-11-4-9-22-28(24)19(17-30-22)15-20-7-6-14-31(20)2;1-6-4-2-3-5-6/h3-4,8-11,16-17,20,29-30H,5-7,12-15H2,1-2H3;2-5H2,1H3. The van der Waals surface area contributed by atoms with Gasteiger partial charge in [-0.1, -0.05) is 12.1 Å². The summed E-state index contributed by atoms with van der Waals surface area (Å²) in [6, 6.07) is 11.8. The number of nitrogens with zero attached hydrogens (tertiary/aromatic N) is 2. The van der Waals surface area contributed by atoms with Gasteiger partial charge in [0.1, 0.15) is 11.5 Å². The van der Waals surface area contributed by atoms with E-state index in [2.05, 4.69) is 33.9 Å². The molecule has 2 aliphatic rings. The van der Waals surface area contributed by atoms with Gasteiger partial charge < -0.3 is 29.2 Å². The second-order valence-electron chi connectivity index (χ2n) is 11.4. The number of carbonyl (C=O) groups excluding carboxylic acids is 2. The predicted octanol–water partition coefficient (Wildman–Crippen LogP) is 5.99. The number of aryl methyl sites for hydroxylation is 1. The molecule has 218 valence electrons. The first-order valence-electron chi connectivity index (χ1n) is 14.8. The molecule has 4 aromatic rings. The molecule has 8 nitrogen and oxygen atoms in total. The SMILES string of the molecule is CN1CCCC1.Cc1c[nH]c2cccc(OC(=O)CCCC(=O)Oc3cccc4[nH]cc(CC5CCCN5C)c34)c12. The zero-order valence-corrected chi connectivity index (χ0v) is 24.5. The monoisotopic (exact) mass is 558 g/mol. The average molecular weight is 559 g/mol. The Morgan fingerprint density at radius 1 is 0.829 bits per heavy atom. The van der Waals surface area contributed by atoms with Crippen LogP contribution in [0.1, 0.15) is 56.1 Å². The lowest BCUT2D eigenvalue weighted by molar-refractivity contribution is -0.135. The summed E-state index contributed by atoms with van der Waals surface area (Å²) in [6.45, 7) is 5.73. The van der Waals surface area contributed by atoms with Crippen molar-refractivity contribution in [3.05, 3.63) is 59.9 Å². The van der Waals surface area contributed by atoms with E-state index in [4.69, 9.17) is 9.47 Å². The normalized spacial score (nSPS) is 17.6. The second-order valence-corrected chi connectivity index (χ2v) is 11.4. The highest BCUT2D eigenvalue weighted by Gasteiger charge is 2.23. The Labute approximate surface area is 242 Å². The number of H-pyrrole nitrogens is 2. The van der Waals surface area contributed by atoms with Crippen LogP contribution < -0.4 is 9.47 Å². The lowest BCUT2D eigenvalue weighted by Gasteiger charge is -2.19. The Balaban J connectivity index is 0.000000500. The first kappa shape index (κ1) is 28.9. The van der Waals surface area contributed by atoms with Crippen LogP contribution in [0.3, 0.4) is 0 Å². The molecule has 2 aromatic carbocycles. The number of fused-ring (bicyclic) bond motifs is 2. The van der Waals surface area contributed by atoms with Crippen LogP contribution in [0.25, 0.3) is 21.8 Å². The molecule has 0 bridgehead atoms. The molecule has 1 unspecified atom stereocenters. The number of hydrogen-bond acceptors (Lipinski definition) is 6. The van der Waals surface area contributed by atoms with Gasteiger partial charge in [0.2, 0.25) is 0 Å². The molecule has 0 radical (unpaired) electrons. The Kier molecular flexibility index (Phi) is 9.42. The molecular weight excluding hydrogens is 516 g/mol. The molecule has 41 heavy (non-hydrogen) atoms. The summed E-state index contributed by atoms with van der Waals surface area (Å²) < 4.78 is 11.3. The van der Waals surface area contributed by atoms with Crippen LogP contribution in [0.15, 0.2) is 48.8 Å². The Morgan fingerprint density at radius 3 is 2.02 bits per heavy atom. The highest BCUT2D eigenvalue weighted by atomic mass is 16.5. The van der Waals surface area contributed by atoms with Crippen molar-refractivity contribution in [2.45, 2.75) is 64.3 Å². The number of ether oxygens (including phenoxy) is 2. The smallest absolute Gasteiger partial charge is 0.311 e. The van der Waals surface area contributed by atoms with Crippen molar-refractivity contribution in [2.24, 2.45) is 0 Å². The fraction of sp³-hybridized carbons (Fsp3) is 0.455. The highest BCUT2D eigenvalue weighted by Crippen LogP contribution is 2.32. The van der Waals surface area contributed by atoms with Gasteiger partial charge in [-0.3, -0.25) is 9.59 Å². The van der Waals surface area contributed by atoms with E-state index in [0.29, 0.717) is 24.0 Å². The quantitative estimate of drug-likeness (QED) is 0.204. The number of benzene rings is 2.